The molecule has 46 heavy (non-hydrogen) atoms. The van der Waals surface area contributed by atoms with Crippen LogP contribution in [0, 0.1) is 19.1 Å². The smallest absolute Gasteiger partial charge is 0.120 e. The van der Waals surface area contributed by atoms with Crippen LogP contribution in [0.25, 0.3) is 44.5 Å². The average Bonchev–Trinajstić information content (AvgIpc) is 3.44. The van der Waals surface area contributed by atoms with Crippen molar-refractivity contribution in [2.45, 2.75) is 45.8 Å². The third kappa shape index (κ3) is 7.13. The van der Waals surface area contributed by atoms with E-state index < -0.39 is 8.07 Å². The Labute approximate surface area is 287 Å². The van der Waals surface area contributed by atoms with Crippen LogP contribution in [0.15, 0.2) is 126 Å². The van der Waals surface area contributed by atoms with E-state index in [0.29, 0.717) is 0 Å². The Balaban J connectivity index is 0.000000200. The normalized spacial score (nSPS) is 11.5. The van der Waals surface area contributed by atoms with Crippen LogP contribution in [-0.2, 0) is 25.5 Å². The number of nitrogens with zero attached hydrogens (tertiary/aromatic N) is 2. The maximum atomic E-state index is 5.93. The fourth-order valence-electron chi connectivity index (χ4n) is 5.46. The first-order valence-corrected chi connectivity index (χ1v) is 18.9. The van der Waals surface area contributed by atoms with Crippen molar-refractivity contribution in [3.63, 3.8) is 0 Å². The van der Waals surface area contributed by atoms with Crippen LogP contribution in [0.3, 0.4) is 0 Å². The topological polar surface area (TPSA) is 38.9 Å². The third-order valence-corrected chi connectivity index (χ3v) is 10.5. The zero-order valence-electron chi connectivity index (χ0n) is 27.2. The molecule has 0 spiro atoms. The predicted molar refractivity (Wildman–Crippen MR) is 191 cm³/mol. The van der Waals surface area contributed by atoms with Crippen LogP contribution < -0.4 is 5.19 Å². The van der Waals surface area contributed by atoms with E-state index in [-0.39, 0.29) is 25.5 Å². The summed E-state index contributed by atoms with van der Waals surface area (Å²) in [6.07, 6.45) is 3.91. The van der Waals surface area contributed by atoms with Gasteiger partial charge in [-0.25, -0.2) is 0 Å². The Hall–Kier alpha value is -4.15. The molecule has 0 bridgehead atoms. The summed E-state index contributed by atoms with van der Waals surface area (Å²) in [7, 11) is -1.24. The summed E-state index contributed by atoms with van der Waals surface area (Å²) in [6.45, 7) is 13.6. The van der Waals surface area contributed by atoms with Crippen molar-refractivity contribution in [3.8, 4) is 22.5 Å². The molecule has 7 rings (SSSR count). The number of hydrogen-bond donors (Lipinski definition) is 0. The van der Waals surface area contributed by atoms with Gasteiger partial charge >= 0.3 is 0 Å². The first kappa shape index (κ1) is 33.2. The minimum atomic E-state index is -1.24. The second-order valence-corrected chi connectivity index (χ2v) is 18.2. The molecule has 0 aliphatic heterocycles. The Morgan fingerprint density at radius 2 is 1.39 bits per heavy atom. The fraction of sp³-hybridized carbons (Fsp3) is 0.171. The van der Waals surface area contributed by atoms with E-state index in [9.17, 15) is 0 Å². The molecule has 1 radical (unpaired) electrons. The largest absolute Gasteiger partial charge is 0.500 e. The molecule has 0 saturated carbocycles. The van der Waals surface area contributed by atoms with E-state index in [1.807, 2.05) is 42.7 Å². The number of aromatic nitrogens is 2. The molecule has 0 N–H and O–H groups in total. The van der Waals surface area contributed by atoms with Gasteiger partial charge < -0.3 is 14.4 Å². The second kappa shape index (κ2) is 13.7. The second-order valence-electron chi connectivity index (χ2n) is 13.1. The zero-order chi connectivity index (χ0) is 31.6. The molecule has 0 amide bonds. The first-order valence-electron chi connectivity index (χ1n) is 15.4. The number of hydrogen-bond acceptors (Lipinski definition) is 3. The number of fused-ring (bicyclic) bond motifs is 3. The molecule has 3 nitrogen and oxygen atoms in total. The van der Waals surface area contributed by atoms with Gasteiger partial charge in [-0.05, 0) is 39.8 Å². The number of rotatable bonds is 5. The van der Waals surface area contributed by atoms with E-state index in [1.165, 1.54) is 21.9 Å². The van der Waals surface area contributed by atoms with E-state index in [2.05, 4.69) is 141 Å². The number of furan rings is 1. The molecule has 3 heterocycles. The molecule has 0 unspecified atom stereocenters. The Bertz CT molecular complexity index is 2060. The molecule has 5 heteroatoms. The van der Waals surface area contributed by atoms with Crippen molar-refractivity contribution in [2.75, 3.05) is 0 Å². The van der Waals surface area contributed by atoms with Crippen LogP contribution in [0.4, 0.5) is 0 Å². The van der Waals surface area contributed by atoms with Crippen LogP contribution >= 0.6 is 0 Å². The number of pyridine rings is 2. The van der Waals surface area contributed by atoms with E-state index >= 15 is 0 Å². The third-order valence-electron chi connectivity index (χ3n) is 8.44. The summed E-state index contributed by atoms with van der Waals surface area (Å²) in [5.74, 6) is 0. The van der Waals surface area contributed by atoms with Gasteiger partial charge in [0.05, 0.1) is 13.7 Å². The van der Waals surface area contributed by atoms with Crippen LogP contribution in [-0.4, -0.2) is 18.0 Å². The summed E-state index contributed by atoms with van der Waals surface area (Å²) in [5.41, 5.74) is 9.36. The van der Waals surface area contributed by atoms with Gasteiger partial charge in [-0.15, -0.1) is 59.2 Å². The Kier molecular flexibility index (Phi) is 9.88. The van der Waals surface area contributed by atoms with E-state index in [4.69, 9.17) is 4.42 Å². The van der Waals surface area contributed by atoms with Gasteiger partial charge in [0.2, 0.25) is 0 Å². The Morgan fingerprint density at radius 3 is 2.09 bits per heavy atom. The van der Waals surface area contributed by atoms with Gasteiger partial charge in [0, 0.05) is 43.3 Å². The van der Waals surface area contributed by atoms with Crippen LogP contribution in [0.5, 0.6) is 0 Å². The van der Waals surface area contributed by atoms with Gasteiger partial charge in [-0.1, -0.05) is 113 Å². The van der Waals surface area contributed by atoms with Crippen LogP contribution in [0.2, 0.25) is 19.6 Å². The minimum absolute atomic E-state index is 0. The van der Waals surface area contributed by atoms with Crippen molar-refractivity contribution in [3.05, 3.63) is 150 Å². The molecule has 0 aliphatic rings. The minimum Gasteiger partial charge on any atom is -0.500 e. The Morgan fingerprint density at radius 1 is 0.652 bits per heavy atom. The molecule has 3 aromatic heterocycles. The summed E-state index contributed by atoms with van der Waals surface area (Å²) in [4.78, 5) is 9.17. The SMILES string of the molecule is CC(C)(c1ccccc1)c1ccnc(-c2[c-]cc3oc4ccccc4c3c2)c1.Cc1c[c-]c(-c2ccc([Si](C)(C)C)cn2)cc1.[Ir]. The van der Waals surface area contributed by atoms with Crippen molar-refractivity contribution >= 4 is 35.2 Å². The summed E-state index contributed by atoms with van der Waals surface area (Å²) in [5, 5.41) is 3.61. The fourth-order valence-corrected chi connectivity index (χ4v) is 6.50. The number of aryl methyl sites for hydroxylation is 1. The van der Waals surface area contributed by atoms with E-state index in [1.54, 1.807) is 0 Å². The van der Waals surface area contributed by atoms with Gasteiger partial charge in [0.25, 0.3) is 0 Å². The molecular formula is C41H38IrN2OSi-2. The average molecular weight is 795 g/mol. The van der Waals surface area contributed by atoms with Crippen molar-refractivity contribution < 1.29 is 24.5 Å². The van der Waals surface area contributed by atoms with Crippen molar-refractivity contribution in [1.29, 1.82) is 0 Å². The molecule has 4 aromatic carbocycles. The van der Waals surface area contributed by atoms with Crippen molar-refractivity contribution in [2.24, 2.45) is 0 Å². The molecule has 0 atom stereocenters. The summed E-state index contributed by atoms with van der Waals surface area (Å²) in [6, 6.07) is 44.1. The molecule has 7 aromatic rings. The quantitative estimate of drug-likeness (QED) is 0.129. The van der Waals surface area contributed by atoms with Crippen LogP contribution in [0.1, 0.15) is 30.5 Å². The molecule has 233 valence electrons. The van der Waals surface area contributed by atoms with Gasteiger partial charge in [0.1, 0.15) is 5.58 Å². The van der Waals surface area contributed by atoms with E-state index in [0.717, 1.165) is 44.5 Å². The zero-order valence-corrected chi connectivity index (χ0v) is 30.6. The maximum Gasteiger partial charge on any atom is 0.120 e. The molecule has 0 saturated heterocycles. The molecule has 0 aliphatic carbocycles. The molecular weight excluding hydrogens is 757 g/mol. The van der Waals surface area contributed by atoms with Gasteiger partial charge in [-0.3, -0.25) is 0 Å². The van der Waals surface area contributed by atoms with Gasteiger partial charge in [-0.2, -0.15) is 0 Å². The number of benzene rings is 4. The first-order chi connectivity index (χ1) is 21.6. The predicted octanol–water partition coefficient (Wildman–Crippen LogP) is 10.2. The maximum absolute atomic E-state index is 5.93. The molecule has 0 fully saturated rings. The van der Waals surface area contributed by atoms with Gasteiger partial charge in [0.15, 0.2) is 0 Å². The van der Waals surface area contributed by atoms with Crippen molar-refractivity contribution in [1.82, 2.24) is 9.97 Å². The standard InChI is InChI=1S/C26H20NO.C15H18NSi.Ir/c1-26(2,19-8-4-3-5-9-19)20-14-15-27-23(17-20)18-12-13-25-22(16-18)21-10-6-7-11-24(21)28-25;1-12-5-7-13(8-6-12)15-10-9-14(11-16-15)17(2,3)4;/h3-11,13-17H,1-2H3;5-7,9-11H,1-4H3;/q2*-1;. The monoisotopic (exact) mass is 795 g/mol. The summed E-state index contributed by atoms with van der Waals surface area (Å²) < 4.78 is 5.93. The summed E-state index contributed by atoms with van der Waals surface area (Å²) >= 11 is 0. The number of para-hydroxylation sites is 1.